The molecule has 0 heterocycles. The number of unbranched alkanes of at least 4 members (excludes halogenated alkanes) is 21. The standard InChI is InChI=1S/C63H104O6/c1-4-7-10-13-16-19-22-25-28-30-31-33-36-38-41-44-47-50-53-56-62(65)68-59-60(69-63(66)57-54-51-48-45-42-39-34-27-24-21-18-15-12-9-6-3)58-67-61(64)55-52-49-46-43-40-37-35-32-29-26-23-20-17-14-11-8-5-2/h9,12,16,18-19,21,25,27-28,31,33-34,38,41-42,45,47,50,60H,4-8,10-11,13-15,17,20,22-24,26,29-30,32,35-37,39-40,43-44,46,48-49,51-59H2,1-3H3/b12-9-,19-16-,21-18-,28-25-,33-31-,34-27-,41-38-,45-42-,50-47-/t60-/m0/s1. The van der Waals surface area contributed by atoms with E-state index >= 15 is 0 Å². The molecule has 6 heteroatoms. The number of carbonyl (C=O) groups is 3. The molecule has 6 nitrogen and oxygen atoms in total. The van der Waals surface area contributed by atoms with Crippen molar-refractivity contribution in [3.8, 4) is 0 Å². The number of hydrogen-bond acceptors (Lipinski definition) is 6. The Labute approximate surface area is 425 Å². The summed E-state index contributed by atoms with van der Waals surface area (Å²) in [4.78, 5) is 38.1. The molecule has 0 unspecified atom stereocenters. The first kappa shape index (κ1) is 65.1. The SMILES string of the molecule is CC/C=C\C/C=C\C/C=C\C/C=C\CCCCC(=O)O[C@H](COC(=O)CC/C=C\C/C=C\C/C=C\C/C=C\C/C=C\CCCCC)COC(=O)CCCCCCCCCCCCCCCCCCC. The van der Waals surface area contributed by atoms with Gasteiger partial charge < -0.3 is 14.2 Å². The Morgan fingerprint density at radius 2 is 0.594 bits per heavy atom. The zero-order chi connectivity index (χ0) is 50.0. The molecule has 0 aliphatic carbocycles. The predicted octanol–water partition coefficient (Wildman–Crippen LogP) is 19.1. The Morgan fingerprint density at radius 1 is 0.304 bits per heavy atom. The highest BCUT2D eigenvalue weighted by molar-refractivity contribution is 5.71. The van der Waals surface area contributed by atoms with Crippen molar-refractivity contribution in [3.63, 3.8) is 0 Å². The van der Waals surface area contributed by atoms with Gasteiger partial charge >= 0.3 is 17.9 Å². The van der Waals surface area contributed by atoms with E-state index in [4.69, 9.17) is 14.2 Å². The van der Waals surface area contributed by atoms with E-state index < -0.39 is 6.10 Å². The van der Waals surface area contributed by atoms with Crippen LogP contribution in [0.15, 0.2) is 109 Å². The molecule has 0 rings (SSSR count). The van der Waals surface area contributed by atoms with Crippen molar-refractivity contribution in [2.24, 2.45) is 0 Å². The minimum Gasteiger partial charge on any atom is -0.462 e. The fourth-order valence-electron chi connectivity index (χ4n) is 7.53. The maximum Gasteiger partial charge on any atom is 0.306 e. The molecule has 0 aromatic carbocycles. The fraction of sp³-hybridized carbons (Fsp3) is 0.667. The lowest BCUT2D eigenvalue weighted by Crippen LogP contribution is -2.30. The lowest BCUT2D eigenvalue weighted by molar-refractivity contribution is -0.166. The molecule has 0 saturated carbocycles. The highest BCUT2D eigenvalue weighted by atomic mass is 16.6. The van der Waals surface area contributed by atoms with Gasteiger partial charge in [0, 0.05) is 19.3 Å². The highest BCUT2D eigenvalue weighted by Crippen LogP contribution is 2.15. The van der Waals surface area contributed by atoms with Crippen molar-refractivity contribution in [1.82, 2.24) is 0 Å². The van der Waals surface area contributed by atoms with E-state index in [0.29, 0.717) is 19.3 Å². The normalized spacial score (nSPS) is 12.9. The minimum atomic E-state index is -0.830. The van der Waals surface area contributed by atoms with E-state index in [9.17, 15) is 14.4 Å². The van der Waals surface area contributed by atoms with E-state index in [1.165, 1.54) is 116 Å². The largest absolute Gasteiger partial charge is 0.462 e. The van der Waals surface area contributed by atoms with E-state index in [-0.39, 0.29) is 44.0 Å². The first-order chi connectivity index (χ1) is 34.0. The van der Waals surface area contributed by atoms with Gasteiger partial charge in [-0.3, -0.25) is 14.4 Å². The Morgan fingerprint density at radius 3 is 1.00 bits per heavy atom. The molecule has 0 bridgehead atoms. The number of ether oxygens (including phenoxy) is 3. The number of hydrogen-bond donors (Lipinski definition) is 0. The first-order valence-electron chi connectivity index (χ1n) is 28.4. The number of carbonyl (C=O) groups excluding carboxylic acids is 3. The van der Waals surface area contributed by atoms with Gasteiger partial charge in [-0.25, -0.2) is 0 Å². The van der Waals surface area contributed by atoms with Crippen molar-refractivity contribution < 1.29 is 28.6 Å². The van der Waals surface area contributed by atoms with Gasteiger partial charge in [-0.15, -0.1) is 0 Å². The third-order valence-corrected chi connectivity index (χ3v) is 11.8. The molecule has 0 aliphatic heterocycles. The Kier molecular flexibility index (Phi) is 53.4. The van der Waals surface area contributed by atoms with Gasteiger partial charge in [0.25, 0.3) is 0 Å². The van der Waals surface area contributed by atoms with Crippen LogP contribution >= 0.6 is 0 Å². The lowest BCUT2D eigenvalue weighted by Gasteiger charge is -2.18. The van der Waals surface area contributed by atoms with E-state index in [1.807, 2.05) is 6.08 Å². The molecule has 0 amide bonds. The summed E-state index contributed by atoms with van der Waals surface area (Å²) >= 11 is 0. The molecule has 0 aromatic rings. The first-order valence-corrected chi connectivity index (χ1v) is 28.4. The Hall–Kier alpha value is -3.93. The van der Waals surface area contributed by atoms with Gasteiger partial charge in [-0.05, 0) is 96.3 Å². The Balaban J connectivity index is 4.54. The highest BCUT2D eigenvalue weighted by Gasteiger charge is 2.19. The molecule has 0 spiro atoms. The third-order valence-electron chi connectivity index (χ3n) is 11.8. The van der Waals surface area contributed by atoms with Crippen LogP contribution in [0.2, 0.25) is 0 Å². The van der Waals surface area contributed by atoms with Crippen molar-refractivity contribution in [2.75, 3.05) is 13.2 Å². The zero-order valence-electron chi connectivity index (χ0n) is 44.8. The summed E-state index contributed by atoms with van der Waals surface area (Å²) in [5, 5.41) is 0. The maximum atomic E-state index is 12.8. The van der Waals surface area contributed by atoms with Crippen LogP contribution in [0, 0.1) is 0 Å². The second-order valence-electron chi connectivity index (χ2n) is 18.5. The van der Waals surface area contributed by atoms with Crippen molar-refractivity contribution in [2.45, 2.75) is 258 Å². The number of allylic oxidation sites excluding steroid dienone is 18. The van der Waals surface area contributed by atoms with Gasteiger partial charge in [0.05, 0.1) is 0 Å². The molecule has 0 saturated heterocycles. The quantitative estimate of drug-likeness (QED) is 0.0262. The van der Waals surface area contributed by atoms with Crippen LogP contribution in [0.5, 0.6) is 0 Å². The second-order valence-corrected chi connectivity index (χ2v) is 18.5. The topological polar surface area (TPSA) is 78.9 Å². The summed E-state index contributed by atoms with van der Waals surface area (Å²) < 4.78 is 16.7. The van der Waals surface area contributed by atoms with Crippen LogP contribution in [0.4, 0.5) is 0 Å². The van der Waals surface area contributed by atoms with Gasteiger partial charge in [0.1, 0.15) is 13.2 Å². The van der Waals surface area contributed by atoms with Crippen LogP contribution in [0.1, 0.15) is 252 Å². The summed E-state index contributed by atoms with van der Waals surface area (Å²) in [5.41, 5.74) is 0. The molecule has 0 N–H and O–H groups in total. The average Bonchev–Trinajstić information content (AvgIpc) is 3.35. The zero-order valence-corrected chi connectivity index (χ0v) is 44.8. The van der Waals surface area contributed by atoms with Crippen LogP contribution < -0.4 is 0 Å². The molecule has 0 aromatic heterocycles. The van der Waals surface area contributed by atoms with Crippen LogP contribution in [-0.4, -0.2) is 37.2 Å². The van der Waals surface area contributed by atoms with Crippen LogP contribution in [0.25, 0.3) is 0 Å². The molecule has 392 valence electrons. The number of esters is 3. The summed E-state index contributed by atoms with van der Waals surface area (Å²) in [6.07, 6.45) is 76.6. The second kappa shape index (κ2) is 56.7. The summed E-state index contributed by atoms with van der Waals surface area (Å²) in [5.74, 6) is -1.04. The van der Waals surface area contributed by atoms with Crippen molar-refractivity contribution >= 4 is 17.9 Å². The van der Waals surface area contributed by atoms with Crippen molar-refractivity contribution in [1.29, 1.82) is 0 Å². The molecule has 0 fully saturated rings. The molecule has 1 atom stereocenters. The minimum absolute atomic E-state index is 0.117. The predicted molar refractivity (Wildman–Crippen MR) is 297 cm³/mol. The lowest BCUT2D eigenvalue weighted by atomic mass is 10.0. The molecular formula is C63H104O6. The van der Waals surface area contributed by atoms with E-state index in [0.717, 1.165) is 83.5 Å². The summed E-state index contributed by atoms with van der Waals surface area (Å²) in [7, 11) is 0. The Bertz CT molecular complexity index is 1420. The van der Waals surface area contributed by atoms with E-state index in [2.05, 4.69) is 124 Å². The number of rotatable bonds is 50. The molecule has 0 aliphatic rings. The van der Waals surface area contributed by atoms with Gasteiger partial charge in [-0.2, -0.15) is 0 Å². The monoisotopic (exact) mass is 957 g/mol. The maximum absolute atomic E-state index is 12.8. The molecule has 69 heavy (non-hydrogen) atoms. The van der Waals surface area contributed by atoms with Crippen LogP contribution in [0.3, 0.4) is 0 Å². The fourth-order valence-corrected chi connectivity index (χ4v) is 7.53. The van der Waals surface area contributed by atoms with E-state index in [1.54, 1.807) is 0 Å². The summed E-state index contributed by atoms with van der Waals surface area (Å²) in [6, 6.07) is 0. The van der Waals surface area contributed by atoms with Crippen LogP contribution in [-0.2, 0) is 28.6 Å². The third kappa shape index (κ3) is 54.9. The van der Waals surface area contributed by atoms with Gasteiger partial charge in [-0.1, -0.05) is 246 Å². The van der Waals surface area contributed by atoms with Gasteiger partial charge in [0.15, 0.2) is 6.10 Å². The molecule has 0 radical (unpaired) electrons. The summed E-state index contributed by atoms with van der Waals surface area (Å²) in [6.45, 7) is 6.40. The average molecular weight is 958 g/mol. The smallest absolute Gasteiger partial charge is 0.306 e. The molecular weight excluding hydrogens is 853 g/mol. The van der Waals surface area contributed by atoms with Crippen molar-refractivity contribution in [3.05, 3.63) is 109 Å². The van der Waals surface area contributed by atoms with Gasteiger partial charge in [0.2, 0.25) is 0 Å².